The van der Waals surface area contributed by atoms with E-state index in [9.17, 15) is 4.79 Å². The van der Waals surface area contributed by atoms with Crippen LogP contribution in [0.1, 0.15) is 19.1 Å². The fourth-order valence-corrected chi connectivity index (χ4v) is 3.93. The van der Waals surface area contributed by atoms with Gasteiger partial charge in [0.15, 0.2) is 11.0 Å². The van der Waals surface area contributed by atoms with Crippen LogP contribution < -0.4 is 5.32 Å². The number of aromatic nitrogens is 3. The Morgan fingerprint density at radius 3 is 2.64 bits per heavy atom. The molecule has 3 aromatic rings. The third kappa shape index (κ3) is 4.66. The Hall–Kier alpha value is -1.67. The largest absolute Gasteiger partial charge is 0.469 e. The Kier molecular flexibility index (Phi) is 6.93. The Labute approximate surface area is 181 Å². The van der Waals surface area contributed by atoms with Gasteiger partial charge >= 0.3 is 0 Å². The van der Waals surface area contributed by atoms with Crippen LogP contribution in [-0.2, 0) is 11.3 Å². The van der Waals surface area contributed by atoms with E-state index in [0.29, 0.717) is 25.9 Å². The van der Waals surface area contributed by atoms with Crippen LogP contribution in [0.3, 0.4) is 0 Å². The minimum absolute atomic E-state index is 0.142. The van der Waals surface area contributed by atoms with Crippen molar-refractivity contribution in [3.63, 3.8) is 0 Å². The lowest BCUT2D eigenvalue weighted by atomic mass is 10.2. The number of thioether (sulfide) groups is 1. The van der Waals surface area contributed by atoms with Crippen LogP contribution >= 0.6 is 46.6 Å². The molecule has 1 N–H and O–H groups in total. The van der Waals surface area contributed by atoms with Crippen LogP contribution in [0.4, 0.5) is 5.69 Å². The van der Waals surface area contributed by atoms with Gasteiger partial charge in [-0.15, -0.1) is 10.2 Å². The van der Waals surface area contributed by atoms with E-state index in [0.717, 1.165) is 30.1 Å². The molecule has 0 atom stereocenters. The molecule has 0 unspecified atom stereocenters. The summed E-state index contributed by atoms with van der Waals surface area (Å²) in [4.78, 5) is 12.4. The number of carbonyl (C=O) groups excluding carboxylic acids is 1. The van der Waals surface area contributed by atoms with Gasteiger partial charge < -0.3 is 14.3 Å². The molecule has 1 amide bonds. The van der Waals surface area contributed by atoms with Crippen molar-refractivity contribution in [2.75, 3.05) is 11.1 Å². The summed E-state index contributed by atoms with van der Waals surface area (Å²) in [5.74, 6) is 1.40. The van der Waals surface area contributed by atoms with Crippen LogP contribution in [0.25, 0.3) is 11.4 Å². The van der Waals surface area contributed by atoms with Gasteiger partial charge in [-0.05, 0) is 31.5 Å². The number of carbonyl (C=O) groups is 1. The van der Waals surface area contributed by atoms with Crippen molar-refractivity contribution in [2.24, 2.45) is 0 Å². The van der Waals surface area contributed by atoms with Crippen molar-refractivity contribution in [3.8, 4) is 11.4 Å². The lowest BCUT2D eigenvalue weighted by Gasteiger charge is -2.10. The van der Waals surface area contributed by atoms with Crippen LogP contribution in [0, 0.1) is 6.92 Å². The smallest absolute Gasteiger partial charge is 0.234 e. The zero-order chi connectivity index (χ0) is 20.3. The number of nitrogens with zero attached hydrogens (tertiary/aromatic N) is 3. The first kappa shape index (κ1) is 21.0. The molecule has 10 heteroatoms. The maximum Gasteiger partial charge on any atom is 0.234 e. The predicted octanol–water partition coefficient (Wildman–Crippen LogP) is 5.95. The molecule has 0 bridgehead atoms. The monoisotopic (exact) mass is 458 g/mol. The van der Waals surface area contributed by atoms with Crippen LogP contribution in [0.2, 0.25) is 15.1 Å². The second-order valence-corrected chi connectivity index (χ2v) is 8.10. The first-order valence-electron chi connectivity index (χ1n) is 8.45. The van der Waals surface area contributed by atoms with Crippen molar-refractivity contribution in [2.45, 2.75) is 32.0 Å². The molecule has 0 fully saturated rings. The molecule has 0 aliphatic rings. The van der Waals surface area contributed by atoms with Crippen molar-refractivity contribution in [1.29, 1.82) is 0 Å². The van der Waals surface area contributed by atoms with E-state index in [2.05, 4.69) is 22.4 Å². The molecule has 0 radical (unpaired) electrons. The molecule has 0 spiro atoms. The molecule has 0 aliphatic heterocycles. The first-order chi connectivity index (χ1) is 13.4. The van der Waals surface area contributed by atoms with Gasteiger partial charge in [0.05, 0.1) is 38.3 Å². The van der Waals surface area contributed by atoms with E-state index in [4.69, 9.17) is 39.2 Å². The quantitative estimate of drug-likeness (QED) is 0.349. The molecule has 0 aliphatic carbocycles. The van der Waals surface area contributed by atoms with Crippen molar-refractivity contribution in [3.05, 3.63) is 45.3 Å². The number of nitrogens with one attached hydrogen (secondary N) is 1. The molecule has 2 heterocycles. The number of benzene rings is 1. The van der Waals surface area contributed by atoms with Gasteiger partial charge in [0, 0.05) is 6.54 Å². The third-order valence-corrected chi connectivity index (χ3v) is 5.88. The third-order valence-electron chi connectivity index (χ3n) is 3.88. The molecule has 2 aromatic heterocycles. The lowest BCUT2D eigenvalue weighted by Crippen LogP contribution is -2.15. The summed E-state index contributed by atoms with van der Waals surface area (Å²) in [5, 5.41) is 12.9. The highest BCUT2D eigenvalue weighted by Gasteiger charge is 2.18. The average Bonchev–Trinajstić information content (AvgIpc) is 3.24. The topological polar surface area (TPSA) is 73.0 Å². The molecule has 6 nitrogen and oxygen atoms in total. The van der Waals surface area contributed by atoms with Gasteiger partial charge in [-0.2, -0.15) is 0 Å². The highest BCUT2D eigenvalue weighted by Crippen LogP contribution is 2.32. The summed E-state index contributed by atoms with van der Waals surface area (Å²) < 4.78 is 7.36. The zero-order valence-corrected chi connectivity index (χ0v) is 18.2. The van der Waals surface area contributed by atoms with Crippen molar-refractivity contribution >= 4 is 58.2 Å². The average molecular weight is 460 g/mol. The SMILES string of the molecule is CCCn1c(SCC(=O)Nc2cc(Cl)c(Cl)cc2Cl)nnc1-c1ccoc1C. The summed E-state index contributed by atoms with van der Waals surface area (Å²) in [6.07, 6.45) is 2.53. The zero-order valence-electron chi connectivity index (χ0n) is 15.1. The van der Waals surface area contributed by atoms with Gasteiger partial charge in [-0.25, -0.2) is 0 Å². The van der Waals surface area contributed by atoms with Gasteiger partial charge in [0.1, 0.15) is 5.76 Å². The van der Waals surface area contributed by atoms with E-state index >= 15 is 0 Å². The molecule has 1 aromatic carbocycles. The molecular formula is C18H17Cl3N4O2S. The number of halogens is 3. The fraction of sp³-hybridized carbons (Fsp3) is 0.278. The van der Waals surface area contributed by atoms with Crippen LogP contribution in [-0.4, -0.2) is 26.4 Å². The summed E-state index contributed by atoms with van der Waals surface area (Å²) in [5.41, 5.74) is 1.30. The van der Waals surface area contributed by atoms with E-state index in [1.807, 2.05) is 17.6 Å². The van der Waals surface area contributed by atoms with Crippen LogP contribution in [0.5, 0.6) is 0 Å². The number of furan rings is 1. The molecule has 148 valence electrons. The number of rotatable bonds is 7. The minimum Gasteiger partial charge on any atom is -0.469 e. The fourth-order valence-electron chi connectivity index (χ4n) is 2.57. The van der Waals surface area contributed by atoms with Gasteiger partial charge in [0.25, 0.3) is 0 Å². The Morgan fingerprint density at radius 2 is 1.96 bits per heavy atom. The number of amides is 1. The van der Waals surface area contributed by atoms with Gasteiger partial charge in [-0.3, -0.25) is 4.79 Å². The standard InChI is InChI=1S/C18H17Cl3N4O2S/c1-3-5-25-17(11-4-6-27-10(11)2)23-24-18(25)28-9-16(26)22-15-8-13(20)12(19)7-14(15)21/h4,6-8H,3,5,9H2,1-2H3,(H,22,26). The first-order valence-corrected chi connectivity index (χ1v) is 10.6. The van der Waals surface area contributed by atoms with Gasteiger partial charge in [-0.1, -0.05) is 53.5 Å². The van der Waals surface area contributed by atoms with E-state index in [1.165, 1.54) is 23.9 Å². The number of hydrogen-bond acceptors (Lipinski definition) is 5. The van der Waals surface area contributed by atoms with E-state index < -0.39 is 0 Å². The highest BCUT2D eigenvalue weighted by molar-refractivity contribution is 7.99. The van der Waals surface area contributed by atoms with Crippen molar-refractivity contribution in [1.82, 2.24) is 14.8 Å². The number of aryl methyl sites for hydroxylation is 1. The Balaban J connectivity index is 1.72. The molecule has 0 saturated carbocycles. The van der Waals surface area contributed by atoms with E-state index in [-0.39, 0.29) is 11.7 Å². The highest BCUT2D eigenvalue weighted by atomic mass is 35.5. The summed E-state index contributed by atoms with van der Waals surface area (Å²) in [6.45, 7) is 4.68. The van der Waals surface area contributed by atoms with Crippen LogP contribution in [0.15, 0.2) is 34.0 Å². The molecular weight excluding hydrogens is 443 g/mol. The lowest BCUT2D eigenvalue weighted by molar-refractivity contribution is -0.113. The second kappa shape index (κ2) is 9.22. The maximum absolute atomic E-state index is 12.4. The Morgan fingerprint density at radius 1 is 1.21 bits per heavy atom. The predicted molar refractivity (Wildman–Crippen MR) is 114 cm³/mol. The summed E-state index contributed by atoms with van der Waals surface area (Å²) in [6, 6.07) is 4.87. The summed E-state index contributed by atoms with van der Waals surface area (Å²) in [7, 11) is 0. The Bertz CT molecular complexity index is 1000. The normalized spacial score (nSPS) is 11.0. The maximum atomic E-state index is 12.4. The van der Waals surface area contributed by atoms with Gasteiger partial charge in [0.2, 0.25) is 5.91 Å². The van der Waals surface area contributed by atoms with E-state index in [1.54, 1.807) is 6.26 Å². The number of hydrogen-bond donors (Lipinski definition) is 1. The van der Waals surface area contributed by atoms with Crippen molar-refractivity contribution < 1.29 is 9.21 Å². The number of anilines is 1. The second-order valence-electron chi connectivity index (χ2n) is 5.93. The molecule has 28 heavy (non-hydrogen) atoms. The molecule has 0 saturated heterocycles. The minimum atomic E-state index is -0.239. The molecule has 3 rings (SSSR count). The summed E-state index contributed by atoms with van der Waals surface area (Å²) >= 11 is 19.3.